The van der Waals surface area contributed by atoms with Crippen LogP contribution in [0.4, 0.5) is 0 Å². The van der Waals surface area contributed by atoms with Gasteiger partial charge in [0.05, 0.1) is 14.0 Å². The summed E-state index contributed by atoms with van der Waals surface area (Å²) in [5, 5.41) is 10.7. The van der Waals surface area contributed by atoms with E-state index in [0.717, 1.165) is 11.1 Å². The molecule has 1 fully saturated rings. The van der Waals surface area contributed by atoms with E-state index in [1.54, 1.807) is 6.07 Å². The van der Waals surface area contributed by atoms with Crippen molar-refractivity contribution in [2.24, 2.45) is 0 Å². The second kappa shape index (κ2) is 8.63. The zero-order valence-corrected chi connectivity index (χ0v) is 14.8. The summed E-state index contributed by atoms with van der Waals surface area (Å²) in [6.07, 6.45) is -15.6. The number of carbonyl (C=O) groups excluding carboxylic acids is 1. The third-order valence-corrected chi connectivity index (χ3v) is 4.53. The van der Waals surface area contributed by atoms with Gasteiger partial charge >= 0.3 is 0 Å². The zero-order valence-electron chi connectivity index (χ0n) is 25.8. The van der Waals surface area contributed by atoms with Crippen LogP contribution in [0.25, 0.3) is 0 Å². The van der Waals surface area contributed by atoms with Crippen molar-refractivity contribution >= 4 is 5.78 Å². The Hall–Kier alpha value is -2.24. The molecule has 0 spiro atoms. The molecule has 1 saturated carbocycles. The molecule has 0 amide bonds. The lowest BCUT2D eigenvalue weighted by molar-refractivity contribution is -0.118. The van der Waals surface area contributed by atoms with Crippen LogP contribution in [0.15, 0.2) is 18.2 Å². The number of aromatic nitrogens is 4. The van der Waals surface area contributed by atoms with Gasteiger partial charge in [-0.15, -0.1) is 5.10 Å². The number of unbranched alkanes of at least 4 members (excludes halogenated alkanes) is 1. The van der Waals surface area contributed by atoms with E-state index < -0.39 is 37.9 Å². The minimum absolute atomic E-state index is 0.0222. The Bertz CT molecular complexity index is 1200. The molecule has 1 aromatic heterocycles. The normalized spacial score (nSPS) is 34.2. The number of fused-ring (bicyclic) bond motifs is 1. The van der Waals surface area contributed by atoms with Crippen LogP contribution in [0.1, 0.15) is 89.2 Å². The van der Waals surface area contributed by atoms with Crippen LogP contribution in [0.5, 0.6) is 5.75 Å². The lowest BCUT2D eigenvalue weighted by Gasteiger charge is -2.22. The molecule has 1 heterocycles. The minimum Gasteiger partial charge on any atom is -0.494 e. The van der Waals surface area contributed by atoms with Crippen LogP contribution >= 0.6 is 0 Å². The Balaban J connectivity index is 1.49. The fraction of sp³-hybridized carbons (Fsp3) is 0.619. The summed E-state index contributed by atoms with van der Waals surface area (Å²) in [7, 11) is 0. The zero-order chi connectivity index (χ0) is 28.4. The van der Waals surface area contributed by atoms with Gasteiger partial charge < -0.3 is 4.74 Å². The molecule has 2 aliphatic rings. The van der Waals surface area contributed by atoms with E-state index in [0.29, 0.717) is 42.5 Å². The fourth-order valence-corrected chi connectivity index (χ4v) is 3.13. The van der Waals surface area contributed by atoms with Gasteiger partial charge in [-0.05, 0) is 65.7 Å². The fourth-order valence-electron chi connectivity index (χ4n) is 3.13. The van der Waals surface area contributed by atoms with Crippen molar-refractivity contribution in [1.29, 1.82) is 0 Å². The van der Waals surface area contributed by atoms with Gasteiger partial charge in [0.1, 0.15) is 11.5 Å². The second-order valence-corrected chi connectivity index (χ2v) is 6.43. The van der Waals surface area contributed by atoms with Crippen molar-refractivity contribution < 1.29 is 24.6 Å². The molecular weight excluding hydrogens is 340 g/mol. The Morgan fingerprint density at radius 2 is 2.07 bits per heavy atom. The van der Waals surface area contributed by atoms with E-state index in [9.17, 15) is 4.79 Å². The predicted molar refractivity (Wildman–Crippen MR) is 102 cm³/mol. The van der Waals surface area contributed by atoms with Crippen LogP contribution in [-0.4, -0.2) is 32.6 Å². The highest BCUT2D eigenvalue weighted by atomic mass is 16.5. The van der Waals surface area contributed by atoms with Crippen LogP contribution in [0.2, 0.25) is 0 Å². The van der Waals surface area contributed by atoms with Crippen LogP contribution in [0.3, 0.4) is 0 Å². The molecule has 0 atom stereocenters. The van der Waals surface area contributed by atoms with Crippen LogP contribution < -0.4 is 4.74 Å². The number of rotatable bonds is 7. The quantitative estimate of drug-likeness (QED) is 0.687. The third kappa shape index (κ3) is 4.54. The largest absolute Gasteiger partial charge is 0.494 e. The van der Waals surface area contributed by atoms with Gasteiger partial charge in [-0.25, -0.2) is 4.68 Å². The standard InChI is InChI=1S/C21H28N4O2/c26-19-11-9-17-15-20(12-10-16(17)14-19)27-13-5-4-8-21-22-23-24-25(21)18-6-2-1-3-7-18/h10,12,15,18H,1-9,11,13-14H2/i1D2,2D2,3D2,6D2,7D2,18D. The van der Waals surface area contributed by atoms with Crippen molar-refractivity contribution in [1.82, 2.24) is 20.2 Å². The number of ketones is 1. The lowest BCUT2D eigenvalue weighted by Crippen LogP contribution is -2.17. The topological polar surface area (TPSA) is 69.9 Å². The van der Waals surface area contributed by atoms with Crippen molar-refractivity contribution in [3.8, 4) is 5.75 Å². The van der Waals surface area contributed by atoms with E-state index in [1.807, 2.05) is 12.1 Å². The number of carbonyl (C=O) groups is 1. The first-order valence-electron chi connectivity index (χ1n) is 14.5. The second-order valence-electron chi connectivity index (χ2n) is 6.43. The highest BCUT2D eigenvalue weighted by molar-refractivity contribution is 5.83. The van der Waals surface area contributed by atoms with E-state index >= 15 is 0 Å². The molecule has 0 unspecified atom stereocenters. The molecule has 27 heavy (non-hydrogen) atoms. The summed E-state index contributed by atoms with van der Waals surface area (Å²) in [6, 6.07) is 2.18. The van der Waals surface area contributed by atoms with E-state index in [-0.39, 0.29) is 24.6 Å². The van der Waals surface area contributed by atoms with E-state index in [4.69, 9.17) is 19.8 Å². The Morgan fingerprint density at radius 1 is 1.19 bits per heavy atom. The maximum absolute atomic E-state index is 11.6. The first-order valence-corrected chi connectivity index (χ1v) is 8.97. The van der Waals surface area contributed by atoms with Crippen molar-refractivity contribution in [2.75, 3.05) is 6.61 Å². The number of hydrogen-bond donors (Lipinski definition) is 0. The molecule has 0 aliphatic heterocycles. The number of nitrogens with zero attached hydrogens (tertiary/aromatic N) is 4. The first kappa shape index (κ1) is 9.30. The summed E-state index contributed by atoms with van der Waals surface area (Å²) in [5.41, 5.74) is 2.07. The number of aryl methyl sites for hydroxylation is 2. The smallest absolute Gasteiger partial charge is 0.151 e. The van der Waals surface area contributed by atoms with Gasteiger partial charge in [0.15, 0.2) is 5.82 Å². The van der Waals surface area contributed by atoms with E-state index in [2.05, 4.69) is 15.5 Å². The number of ether oxygens (including phenoxy) is 1. The molecule has 0 bridgehead atoms. The summed E-state index contributed by atoms with van der Waals surface area (Å²) in [6.45, 7) is 0.290. The van der Waals surface area contributed by atoms with Gasteiger partial charge in [0, 0.05) is 33.0 Å². The number of benzene rings is 1. The van der Waals surface area contributed by atoms with Crippen molar-refractivity contribution in [2.45, 2.75) is 76.4 Å². The molecule has 0 radical (unpaired) electrons. The molecule has 144 valence electrons. The maximum Gasteiger partial charge on any atom is 0.151 e. The van der Waals surface area contributed by atoms with Crippen molar-refractivity contribution in [3.63, 3.8) is 0 Å². The highest BCUT2D eigenvalue weighted by Gasteiger charge is 2.19. The average molecular weight is 380 g/mol. The average Bonchev–Trinajstić information content (AvgIpc) is 3.30. The van der Waals surface area contributed by atoms with Crippen molar-refractivity contribution in [3.05, 3.63) is 35.2 Å². The molecule has 2 aromatic rings. The molecule has 4 rings (SSSR count). The number of Topliss-reactive ketones (excluding diaryl/α,β-unsaturated/α-hetero) is 1. The minimum atomic E-state index is -3.62. The summed E-state index contributed by atoms with van der Waals surface area (Å²) in [5.74, 6) is 0.693. The molecule has 2 aliphatic carbocycles. The van der Waals surface area contributed by atoms with Gasteiger partial charge in [-0.3, -0.25) is 4.79 Å². The maximum atomic E-state index is 11.6. The SMILES string of the molecule is [2H]C1([2H])C([2H])([2H])C([2H])([2H])C([2H])(n2nnnc2CCCCOc2ccc3c(c2)CCC(=O)C3)C([2H])([2H])C1([2H])[2H]. The predicted octanol–water partition coefficient (Wildman–Crippen LogP) is 3.64. The number of hydrogen-bond acceptors (Lipinski definition) is 5. The summed E-state index contributed by atoms with van der Waals surface area (Å²) in [4.78, 5) is 11.6. The monoisotopic (exact) mass is 379 g/mol. The molecular formula is C21H28N4O2. The molecule has 1 aromatic carbocycles. The van der Waals surface area contributed by atoms with E-state index in [1.165, 1.54) is 0 Å². The van der Waals surface area contributed by atoms with Gasteiger partial charge in [0.2, 0.25) is 0 Å². The third-order valence-electron chi connectivity index (χ3n) is 4.53. The molecule has 6 heteroatoms. The summed E-state index contributed by atoms with van der Waals surface area (Å²) >= 11 is 0. The van der Waals surface area contributed by atoms with Gasteiger partial charge in [-0.1, -0.05) is 25.2 Å². The summed E-state index contributed by atoms with van der Waals surface area (Å²) < 4.78 is 96.8. The van der Waals surface area contributed by atoms with Crippen LogP contribution in [0, 0.1) is 0 Å². The Labute approximate surface area is 175 Å². The van der Waals surface area contributed by atoms with Gasteiger partial charge in [-0.2, -0.15) is 0 Å². The first-order chi connectivity index (χ1) is 17.4. The highest BCUT2D eigenvalue weighted by Crippen LogP contribution is 2.28. The van der Waals surface area contributed by atoms with Crippen LogP contribution in [-0.2, 0) is 24.1 Å². The number of tetrazole rings is 1. The lowest BCUT2D eigenvalue weighted by atomic mass is 9.91. The molecule has 0 N–H and O–H groups in total. The molecule has 0 saturated heterocycles. The Kier molecular flexibility index (Phi) is 2.97. The molecule has 6 nitrogen and oxygen atoms in total. The Morgan fingerprint density at radius 3 is 2.96 bits per heavy atom. The van der Waals surface area contributed by atoms with Gasteiger partial charge in [0.25, 0.3) is 0 Å².